The molecule has 8 nitrogen and oxygen atoms in total. The minimum atomic E-state index is -1.50. The third-order valence-electron chi connectivity index (χ3n) is 7.93. The zero-order valence-electron chi connectivity index (χ0n) is 21.8. The van der Waals surface area contributed by atoms with Gasteiger partial charge in [0.2, 0.25) is 5.91 Å². The van der Waals surface area contributed by atoms with Crippen LogP contribution in [0.3, 0.4) is 0 Å². The van der Waals surface area contributed by atoms with E-state index in [0.717, 1.165) is 12.0 Å². The van der Waals surface area contributed by atoms with Gasteiger partial charge in [-0.05, 0) is 61.3 Å². The molecule has 2 amide bonds. The first-order valence-corrected chi connectivity index (χ1v) is 13.5. The molecule has 2 aromatic carbocycles. The van der Waals surface area contributed by atoms with Crippen molar-refractivity contribution in [3.05, 3.63) is 59.4 Å². The van der Waals surface area contributed by atoms with Crippen LogP contribution in [0, 0.1) is 11.7 Å². The van der Waals surface area contributed by atoms with Crippen LogP contribution in [0.1, 0.15) is 50.2 Å². The topological polar surface area (TPSA) is 122 Å². The Morgan fingerprint density at radius 2 is 2.03 bits per heavy atom. The van der Waals surface area contributed by atoms with Crippen LogP contribution in [-0.2, 0) is 16.8 Å². The van der Waals surface area contributed by atoms with Gasteiger partial charge in [-0.2, -0.15) is 0 Å². The number of aryl methyl sites for hydroxylation is 1. The van der Waals surface area contributed by atoms with E-state index in [0.29, 0.717) is 62.0 Å². The van der Waals surface area contributed by atoms with Crippen LogP contribution in [0.2, 0.25) is 0 Å². The number of nitrogens with zero attached hydrogens (tertiary/aromatic N) is 1. The minimum Gasteiger partial charge on any atom is -0.465 e. The summed E-state index contributed by atoms with van der Waals surface area (Å²) in [6, 6.07) is 11.9. The Morgan fingerprint density at radius 1 is 1.24 bits per heavy atom. The molecule has 2 aliphatic rings. The molecule has 9 heteroatoms. The maximum Gasteiger partial charge on any atom is 0.404 e. The number of aliphatic hydroxyl groups is 2. The van der Waals surface area contributed by atoms with Gasteiger partial charge >= 0.3 is 6.09 Å². The standard InChI is InChI=1S/C29H38FN3O5/c1-2-19-7-3-8-20(15-19)26-23(10-4-11-24(26)30)29(38,12-6-13-31-28(36)37)21-9-5-14-33(18-21)27(35)25-16-22(34)17-32-25/h3-4,7-8,10-11,15,21-22,25,31-32,34,38H,2,5-6,9,12-14,16-18H2,1H3,(H,36,37)/t21-,22-,25+,29+/m1/s1. The number of nitrogens with one attached hydrogen (secondary N) is 2. The summed E-state index contributed by atoms with van der Waals surface area (Å²) in [5.74, 6) is -0.923. The van der Waals surface area contributed by atoms with Crippen molar-refractivity contribution in [1.29, 1.82) is 0 Å². The number of likely N-dealkylation sites (tertiary alicyclic amines) is 1. The van der Waals surface area contributed by atoms with Crippen molar-refractivity contribution < 1.29 is 29.3 Å². The van der Waals surface area contributed by atoms with Crippen molar-refractivity contribution in [3.63, 3.8) is 0 Å². The smallest absolute Gasteiger partial charge is 0.404 e. The lowest BCUT2D eigenvalue weighted by atomic mass is 9.72. The van der Waals surface area contributed by atoms with Crippen LogP contribution in [0.5, 0.6) is 0 Å². The summed E-state index contributed by atoms with van der Waals surface area (Å²) in [7, 11) is 0. The molecule has 2 aromatic rings. The Bertz CT molecular complexity index is 1140. The molecule has 0 aromatic heterocycles. The molecule has 2 heterocycles. The largest absolute Gasteiger partial charge is 0.465 e. The number of carbonyl (C=O) groups is 2. The Balaban J connectivity index is 1.70. The van der Waals surface area contributed by atoms with Crippen molar-refractivity contribution in [3.8, 4) is 11.1 Å². The molecule has 0 spiro atoms. The number of piperidine rings is 1. The third-order valence-corrected chi connectivity index (χ3v) is 7.93. The number of carboxylic acid groups (broad SMARTS) is 1. The van der Waals surface area contributed by atoms with Gasteiger partial charge in [-0.15, -0.1) is 0 Å². The van der Waals surface area contributed by atoms with Gasteiger partial charge in [0.15, 0.2) is 0 Å². The van der Waals surface area contributed by atoms with Gasteiger partial charge in [0.05, 0.1) is 17.7 Å². The lowest BCUT2D eigenvalue weighted by molar-refractivity contribution is -0.138. The highest BCUT2D eigenvalue weighted by atomic mass is 19.1. The summed E-state index contributed by atoms with van der Waals surface area (Å²) < 4.78 is 15.5. The first-order valence-electron chi connectivity index (χ1n) is 13.5. The molecule has 0 bridgehead atoms. The molecular formula is C29H38FN3O5. The van der Waals surface area contributed by atoms with E-state index in [2.05, 4.69) is 10.6 Å². The lowest BCUT2D eigenvalue weighted by Crippen LogP contribution is -2.52. The first kappa shape index (κ1) is 28.0. The molecule has 4 atom stereocenters. The van der Waals surface area contributed by atoms with Gasteiger partial charge in [0, 0.05) is 37.7 Å². The van der Waals surface area contributed by atoms with Gasteiger partial charge in [0.1, 0.15) is 5.82 Å². The zero-order chi connectivity index (χ0) is 27.3. The zero-order valence-corrected chi connectivity index (χ0v) is 21.8. The van der Waals surface area contributed by atoms with Crippen molar-refractivity contribution in [2.45, 2.75) is 63.2 Å². The number of hydrogen-bond acceptors (Lipinski definition) is 5. The van der Waals surface area contributed by atoms with Gasteiger partial charge in [-0.25, -0.2) is 9.18 Å². The second-order valence-corrected chi connectivity index (χ2v) is 10.4. The normalized spacial score (nSPS) is 23.2. The van der Waals surface area contributed by atoms with Crippen molar-refractivity contribution in [2.24, 2.45) is 5.92 Å². The molecule has 2 aliphatic heterocycles. The molecule has 38 heavy (non-hydrogen) atoms. The number of hydrogen-bond donors (Lipinski definition) is 5. The highest BCUT2D eigenvalue weighted by Gasteiger charge is 2.44. The average Bonchev–Trinajstić information content (AvgIpc) is 3.36. The fourth-order valence-corrected chi connectivity index (χ4v) is 5.93. The minimum absolute atomic E-state index is 0.101. The number of carbonyl (C=O) groups excluding carboxylic acids is 1. The van der Waals surface area contributed by atoms with E-state index in [1.165, 1.54) is 6.07 Å². The molecule has 2 saturated heterocycles. The number of benzene rings is 2. The Morgan fingerprint density at radius 3 is 2.74 bits per heavy atom. The molecule has 0 radical (unpaired) electrons. The van der Waals surface area contributed by atoms with E-state index < -0.39 is 29.7 Å². The van der Waals surface area contributed by atoms with Gasteiger partial charge < -0.3 is 30.9 Å². The van der Waals surface area contributed by atoms with E-state index >= 15 is 4.39 Å². The van der Waals surface area contributed by atoms with Crippen molar-refractivity contribution in [1.82, 2.24) is 15.5 Å². The second-order valence-electron chi connectivity index (χ2n) is 10.4. The molecule has 206 valence electrons. The Labute approximate surface area is 222 Å². The fourth-order valence-electron chi connectivity index (χ4n) is 5.93. The van der Waals surface area contributed by atoms with Crippen LogP contribution >= 0.6 is 0 Å². The quantitative estimate of drug-likeness (QED) is 0.319. The molecule has 4 rings (SSSR count). The van der Waals surface area contributed by atoms with E-state index in [1.54, 1.807) is 17.0 Å². The average molecular weight is 528 g/mol. The highest BCUT2D eigenvalue weighted by Crippen LogP contribution is 2.44. The Hall–Kier alpha value is -3.01. The second kappa shape index (κ2) is 12.2. The summed E-state index contributed by atoms with van der Waals surface area (Å²) in [6.07, 6.45) is 1.29. The van der Waals surface area contributed by atoms with E-state index in [1.807, 2.05) is 31.2 Å². The van der Waals surface area contributed by atoms with Gasteiger partial charge in [-0.1, -0.05) is 43.3 Å². The monoisotopic (exact) mass is 527 g/mol. The van der Waals surface area contributed by atoms with Crippen LogP contribution in [0.4, 0.5) is 9.18 Å². The summed E-state index contributed by atoms with van der Waals surface area (Å²) in [6.45, 7) is 3.39. The number of halogens is 1. The Kier molecular flexibility index (Phi) is 9.02. The maximum atomic E-state index is 15.5. The number of aliphatic hydroxyl groups excluding tert-OH is 1. The third kappa shape index (κ3) is 6.17. The van der Waals surface area contributed by atoms with Crippen LogP contribution in [-0.4, -0.2) is 70.5 Å². The van der Waals surface area contributed by atoms with Crippen molar-refractivity contribution in [2.75, 3.05) is 26.2 Å². The molecular weight excluding hydrogens is 489 g/mol. The molecule has 2 fully saturated rings. The summed E-state index contributed by atoms with van der Waals surface area (Å²) in [5, 5.41) is 36.8. The van der Waals surface area contributed by atoms with Gasteiger partial charge in [0.25, 0.3) is 0 Å². The molecule has 0 aliphatic carbocycles. The number of rotatable bonds is 9. The molecule has 0 unspecified atom stereocenters. The van der Waals surface area contributed by atoms with Crippen LogP contribution in [0.15, 0.2) is 42.5 Å². The predicted molar refractivity (Wildman–Crippen MR) is 142 cm³/mol. The van der Waals surface area contributed by atoms with Crippen LogP contribution in [0.25, 0.3) is 11.1 Å². The van der Waals surface area contributed by atoms with Crippen LogP contribution < -0.4 is 10.6 Å². The van der Waals surface area contributed by atoms with E-state index in [9.17, 15) is 19.8 Å². The number of amides is 2. The van der Waals surface area contributed by atoms with Gasteiger partial charge in [-0.3, -0.25) is 4.79 Å². The number of β-amino-alcohol motifs (C(OH)–C–C–N with tert-alkyl or cyclic N) is 1. The van der Waals surface area contributed by atoms with Crippen molar-refractivity contribution >= 4 is 12.0 Å². The lowest BCUT2D eigenvalue weighted by Gasteiger charge is -2.44. The highest BCUT2D eigenvalue weighted by molar-refractivity contribution is 5.82. The SMILES string of the molecule is CCc1cccc(-c2c(F)cccc2[C@](O)(CCCNC(=O)O)[C@@H]2CCCN(C(=O)[C@@H]3C[C@@H](O)CN3)C2)c1. The van der Waals surface area contributed by atoms with E-state index in [-0.39, 0.29) is 24.8 Å². The maximum absolute atomic E-state index is 15.5. The summed E-state index contributed by atoms with van der Waals surface area (Å²) in [5.41, 5.74) is 1.01. The fraction of sp³-hybridized carbons (Fsp3) is 0.517. The van der Waals surface area contributed by atoms with E-state index in [4.69, 9.17) is 5.11 Å². The molecule has 0 saturated carbocycles. The predicted octanol–water partition coefficient (Wildman–Crippen LogP) is 3.25. The molecule has 5 N–H and O–H groups in total. The summed E-state index contributed by atoms with van der Waals surface area (Å²) in [4.78, 5) is 26.0. The summed E-state index contributed by atoms with van der Waals surface area (Å²) >= 11 is 0. The first-order chi connectivity index (χ1) is 18.2.